The van der Waals surface area contributed by atoms with Gasteiger partial charge >= 0.3 is 5.97 Å². The minimum absolute atomic E-state index is 0.0387. The zero-order valence-corrected chi connectivity index (χ0v) is 15.6. The third-order valence-electron chi connectivity index (χ3n) is 3.60. The van der Waals surface area contributed by atoms with Crippen LogP contribution in [-0.4, -0.2) is 51.1 Å². The highest BCUT2D eigenvalue weighted by molar-refractivity contribution is 9.10. The van der Waals surface area contributed by atoms with E-state index in [4.69, 9.17) is 4.74 Å². The number of sulfone groups is 1. The normalized spacial score (nSPS) is 20.2. The number of hydrogen-bond acceptors (Lipinski definition) is 6. The monoisotopic (exact) mass is 419 g/mol. The largest absolute Gasteiger partial charge is 0.480 e. The molecular weight excluding hydrogens is 402 g/mol. The van der Waals surface area contributed by atoms with Crippen LogP contribution in [0.15, 0.2) is 22.7 Å². The predicted molar refractivity (Wildman–Crippen MR) is 90.8 cm³/mol. The molecule has 1 amide bonds. The topological polar surface area (TPSA) is 98.8 Å². The molecule has 0 saturated carbocycles. The molecule has 1 fully saturated rings. The molecule has 1 aliphatic heterocycles. The molecule has 0 aromatic heterocycles. The number of esters is 1. The van der Waals surface area contributed by atoms with E-state index in [0.717, 1.165) is 0 Å². The Bertz CT molecular complexity index is 748. The molecule has 1 N–H and O–H groups in total. The first kappa shape index (κ1) is 18.7. The van der Waals surface area contributed by atoms with Gasteiger partial charge in [0.25, 0.3) is 5.91 Å². The van der Waals surface area contributed by atoms with Gasteiger partial charge in [0.2, 0.25) is 0 Å². The molecule has 1 heterocycles. The van der Waals surface area contributed by atoms with Crippen LogP contribution in [0.1, 0.15) is 23.7 Å². The lowest BCUT2D eigenvalue weighted by molar-refractivity contribution is -0.127. The summed E-state index contributed by atoms with van der Waals surface area (Å²) in [7, 11) is -1.77. The van der Waals surface area contributed by atoms with Gasteiger partial charge in [0, 0.05) is 6.04 Å². The van der Waals surface area contributed by atoms with Crippen LogP contribution in [0.2, 0.25) is 0 Å². The van der Waals surface area contributed by atoms with E-state index in [9.17, 15) is 18.0 Å². The number of methoxy groups -OCH3 is 1. The Kier molecular flexibility index (Phi) is 5.87. The molecule has 2 unspecified atom stereocenters. The molecular formula is C15H18BrNO6S. The van der Waals surface area contributed by atoms with Crippen LogP contribution in [-0.2, 0) is 19.4 Å². The van der Waals surface area contributed by atoms with E-state index in [0.29, 0.717) is 22.2 Å². The molecule has 2 atom stereocenters. The molecule has 7 nitrogen and oxygen atoms in total. The van der Waals surface area contributed by atoms with Crippen LogP contribution >= 0.6 is 15.9 Å². The number of ether oxygens (including phenoxy) is 2. The fourth-order valence-corrected chi connectivity index (χ4v) is 4.46. The van der Waals surface area contributed by atoms with E-state index >= 15 is 0 Å². The first-order chi connectivity index (χ1) is 11.2. The zero-order valence-electron chi connectivity index (χ0n) is 13.2. The molecule has 0 spiro atoms. The molecule has 2 rings (SSSR count). The molecule has 9 heteroatoms. The van der Waals surface area contributed by atoms with Gasteiger partial charge in [0.1, 0.15) is 5.75 Å². The molecule has 1 aromatic carbocycles. The summed E-state index contributed by atoms with van der Waals surface area (Å²) in [6.07, 6.45) is -0.397. The number of nitrogens with one attached hydrogen (secondary N) is 1. The van der Waals surface area contributed by atoms with E-state index in [1.54, 1.807) is 13.0 Å². The molecule has 0 radical (unpaired) electrons. The average molecular weight is 420 g/mol. The van der Waals surface area contributed by atoms with Crippen molar-refractivity contribution in [2.75, 3.05) is 18.6 Å². The molecule has 0 aliphatic carbocycles. The van der Waals surface area contributed by atoms with Crippen LogP contribution in [0.5, 0.6) is 5.75 Å². The van der Waals surface area contributed by atoms with Crippen molar-refractivity contribution in [2.45, 2.75) is 25.5 Å². The summed E-state index contributed by atoms with van der Waals surface area (Å²) >= 11 is 3.28. The van der Waals surface area contributed by atoms with Gasteiger partial charge < -0.3 is 14.8 Å². The van der Waals surface area contributed by atoms with E-state index in [1.807, 2.05) is 0 Å². The summed E-state index contributed by atoms with van der Waals surface area (Å²) < 4.78 is 33.5. The van der Waals surface area contributed by atoms with Crippen molar-refractivity contribution in [2.24, 2.45) is 0 Å². The van der Waals surface area contributed by atoms with Gasteiger partial charge in [-0.15, -0.1) is 0 Å². The smallest absolute Gasteiger partial charge is 0.337 e. The first-order valence-corrected chi connectivity index (χ1v) is 9.88. The Morgan fingerprint density at radius 3 is 2.62 bits per heavy atom. The lowest BCUT2D eigenvalue weighted by atomic mass is 10.2. The van der Waals surface area contributed by atoms with Crippen molar-refractivity contribution < 1.29 is 27.5 Å². The number of rotatable bonds is 5. The molecule has 1 aromatic rings. The molecule has 24 heavy (non-hydrogen) atoms. The summed E-state index contributed by atoms with van der Waals surface area (Å²) in [5.41, 5.74) is 0.352. The standard InChI is InChI=1S/C15H18BrNO6S/c1-9(14(18)17-11-5-6-24(20,21)8-11)23-13-4-3-10(7-12(13)16)15(19)22-2/h3-4,7,9,11H,5-6,8H2,1-2H3,(H,17,18). The highest BCUT2D eigenvalue weighted by Crippen LogP contribution is 2.27. The third-order valence-corrected chi connectivity index (χ3v) is 5.99. The SMILES string of the molecule is COC(=O)c1ccc(OC(C)C(=O)NC2CCS(=O)(=O)C2)c(Br)c1. The minimum atomic E-state index is -3.05. The van der Waals surface area contributed by atoms with Crippen molar-refractivity contribution in [3.8, 4) is 5.75 Å². The Balaban J connectivity index is 1.97. The lowest BCUT2D eigenvalue weighted by Gasteiger charge is -2.18. The fourth-order valence-electron chi connectivity index (χ4n) is 2.31. The maximum absolute atomic E-state index is 12.1. The third kappa shape index (κ3) is 4.70. The summed E-state index contributed by atoms with van der Waals surface area (Å²) in [5, 5.41) is 2.68. The summed E-state index contributed by atoms with van der Waals surface area (Å²) in [4.78, 5) is 23.6. The summed E-state index contributed by atoms with van der Waals surface area (Å²) in [6.45, 7) is 1.57. The second-order valence-corrected chi connectivity index (χ2v) is 8.59. The lowest BCUT2D eigenvalue weighted by Crippen LogP contribution is -2.43. The Labute approximate surface area is 148 Å². The number of carbonyl (C=O) groups is 2. The van der Waals surface area contributed by atoms with Crippen molar-refractivity contribution in [3.05, 3.63) is 28.2 Å². The van der Waals surface area contributed by atoms with Crippen molar-refractivity contribution in [1.82, 2.24) is 5.32 Å². The average Bonchev–Trinajstić information content (AvgIpc) is 2.87. The molecule has 0 bridgehead atoms. The number of benzene rings is 1. The molecule has 132 valence electrons. The van der Waals surface area contributed by atoms with E-state index < -0.39 is 21.9 Å². The number of carbonyl (C=O) groups excluding carboxylic acids is 2. The summed E-state index contributed by atoms with van der Waals surface area (Å²) in [5.74, 6) is -0.419. The van der Waals surface area contributed by atoms with Gasteiger partial charge in [-0.25, -0.2) is 13.2 Å². The maximum Gasteiger partial charge on any atom is 0.337 e. The summed E-state index contributed by atoms with van der Waals surface area (Å²) in [6, 6.07) is 4.24. The minimum Gasteiger partial charge on any atom is -0.480 e. The fraction of sp³-hybridized carbons (Fsp3) is 0.467. The zero-order chi connectivity index (χ0) is 17.9. The van der Waals surface area contributed by atoms with Crippen molar-refractivity contribution >= 4 is 37.6 Å². The van der Waals surface area contributed by atoms with Crippen LogP contribution in [0.3, 0.4) is 0 Å². The van der Waals surface area contributed by atoms with Crippen LogP contribution in [0, 0.1) is 0 Å². The Hall–Kier alpha value is -1.61. The van der Waals surface area contributed by atoms with Gasteiger partial charge in [-0.3, -0.25) is 4.79 Å². The Morgan fingerprint density at radius 1 is 1.38 bits per heavy atom. The van der Waals surface area contributed by atoms with Gasteiger partial charge in [-0.2, -0.15) is 0 Å². The second-order valence-electron chi connectivity index (χ2n) is 5.51. The van der Waals surface area contributed by atoms with Crippen molar-refractivity contribution in [3.63, 3.8) is 0 Å². The maximum atomic E-state index is 12.1. The van der Waals surface area contributed by atoms with E-state index in [1.165, 1.54) is 19.2 Å². The van der Waals surface area contributed by atoms with Gasteiger partial charge in [-0.05, 0) is 47.5 Å². The Morgan fingerprint density at radius 2 is 2.08 bits per heavy atom. The highest BCUT2D eigenvalue weighted by Gasteiger charge is 2.30. The predicted octanol–water partition coefficient (Wildman–Crippen LogP) is 1.31. The van der Waals surface area contributed by atoms with E-state index in [-0.39, 0.29) is 23.5 Å². The number of hydrogen-bond donors (Lipinski definition) is 1. The number of halogens is 1. The van der Waals surface area contributed by atoms with E-state index in [2.05, 4.69) is 26.0 Å². The quantitative estimate of drug-likeness (QED) is 0.722. The molecule has 1 saturated heterocycles. The van der Waals surface area contributed by atoms with Gasteiger partial charge in [0.05, 0.1) is 28.7 Å². The van der Waals surface area contributed by atoms with Gasteiger partial charge in [-0.1, -0.05) is 0 Å². The van der Waals surface area contributed by atoms with Gasteiger partial charge in [0.15, 0.2) is 15.9 Å². The van der Waals surface area contributed by atoms with Crippen LogP contribution in [0.25, 0.3) is 0 Å². The highest BCUT2D eigenvalue weighted by atomic mass is 79.9. The van der Waals surface area contributed by atoms with Crippen LogP contribution in [0.4, 0.5) is 0 Å². The number of amides is 1. The first-order valence-electron chi connectivity index (χ1n) is 7.27. The second kappa shape index (κ2) is 7.52. The van der Waals surface area contributed by atoms with Crippen molar-refractivity contribution in [1.29, 1.82) is 0 Å². The van der Waals surface area contributed by atoms with Crippen LogP contribution < -0.4 is 10.1 Å². The molecule has 1 aliphatic rings.